The first-order chi connectivity index (χ1) is 14.0. The van der Waals surface area contributed by atoms with Crippen molar-refractivity contribution in [3.63, 3.8) is 0 Å². The van der Waals surface area contributed by atoms with Gasteiger partial charge in [-0.05, 0) is 69.6 Å². The molecule has 29 heavy (non-hydrogen) atoms. The first-order valence-electron chi connectivity index (χ1n) is 11.0. The lowest BCUT2D eigenvalue weighted by molar-refractivity contribution is 0.741. The highest BCUT2D eigenvalue weighted by atomic mass is 14.9. The van der Waals surface area contributed by atoms with Gasteiger partial charge in [-0.25, -0.2) is 0 Å². The molecule has 0 aromatic carbocycles. The molecule has 2 nitrogen and oxygen atoms in total. The number of allylic oxidation sites excluding steroid dienone is 4. The molecule has 2 aliphatic carbocycles. The standard InChI is InChI=1S/C13H15N.C12H19N.C2H6/c1-4-9(2)11-8-14-12-7-5-6-10(3)13(11)12;1-4-11(6-5-10(2)3)9-13-12-7-8-12;1-2/h1,8-9,14H,3,5-7H2,2H3;4-6,12-13H,1,7-9H2,2-3H3;1-2H3/b;11-6+;/t9-;;/m1../s1. The molecule has 1 atom stereocenters. The van der Waals surface area contributed by atoms with E-state index in [1.807, 2.05) is 26.1 Å². The molecule has 0 aliphatic heterocycles. The monoisotopic (exact) mass is 392 g/mol. The van der Waals surface area contributed by atoms with Gasteiger partial charge in [0.2, 0.25) is 0 Å². The Labute approximate surface area is 179 Å². The number of hydrogen-bond donors (Lipinski definition) is 2. The second-order valence-electron chi connectivity index (χ2n) is 7.79. The van der Waals surface area contributed by atoms with Gasteiger partial charge in [0.1, 0.15) is 0 Å². The topological polar surface area (TPSA) is 27.8 Å². The minimum absolute atomic E-state index is 0.185. The SMILES string of the molecule is C#C[C@@H](C)c1c[nH]c2c1C(=C)CCC2.C=C/C(=C\C=C(C)C)CNC1CC1.CC. The summed E-state index contributed by atoms with van der Waals surface area (Å²) in [5.74, 6) is 2.96. The molecule has 1 heterocycles. The highest BCUT2D eigenvalue weighted by Gasteiger charge is 2.20. The van der Waals surface area contributed by atoms with Gasteiger partial charge in [0.15, 0.2) is 0 Å². The molecule has 0 radical (unpaired) electrons. The molecular formula is C27H40N2. The third-order valence-corrected chi connectivity index (χ3v) is 5.03. The predicted octanol–water partition coefficient (Wildman–Crippen LogP) is 6.94. The molecule has 1 aromatic heterocycles. The van der Waals surface area contributed by atoms with Crippen molar-refractivity contribution in [2.75, 3.05) is 6.54 Å². The minimum Gasteiger partial charge on any atom is -0.364 e. The van der Waals surface area contributed by atoms with Crippen LogP contribution in [0.1, 0.15) is 83.0 Å². The maximum Gasteiger partial charge on any atom is 0.0442 e. The molecule has 0 unspecified atom stereocenters. The van der Waals surface area contributed by atoms with E-state index in [0.717, 1.165) is 25.4 Å². The number of H-pyrrole nitrogens is 1. The second kappa shape index (κ2) is 13.1. The Morgan fingerprint density at radius 2 is 2.00 bits per heavy atom. The van der Waals surface area contributed by atoms with Crippen molar-refractivity contribution in [3.8, 4) is 12.3 Å². The van der Waals surface area contributed by atoms with Crippen molar-refractivity contribution < 1.29 is 0 Å². The first-order valence-corrected chi connectivity index (χ1v) is 11.0. The number of aromatic nitrogens is 1. The van der Waals surface area contributed by atoms with Crippen LogP contribution in [0.4, 0.5) is 0 Å². The number of nitrogens with one attached hydrogen (secondary N) is 2. The summed E-state index contributed by atoms with van der Waals surface area (Å²) in [5.41, 5.74) is 7.70. The lowest BCUT2D eigenvalue weighted by atomic mass is 9.87. The Kier molecular flexibility index (Phi) is 11.2. The van der Waals surface area contributed by atoms with Crippen molar-refractivity contribution in [3.05, 3.63) is 65.5 Å². The van der Waals surface area contributed by atoms with Gasteiger partial charge in [0, 0.05) is 36.0 Å². The van der Waals surface area contributed by atoms with Crippen LogP contribution in [-0.4, -0.2) is 17.6 Å². The lowest BCUT2D eigenvalue weighted by Gasteiger charge is -2.16. The zero-order chi connectivity index (χ0) is 21.8. The van der Waals surface area contributed by atoms with Crippen LogP contribution in [0.2, 0.25) is 0 Å². The van der Waals surface area contributed by atoms with E-state index >= 15 is 0 Å². The average molecular weight is 393 g/mol. The van der Waals surface area contributed by atoms with Crippen LogP contribution in [0.5, 0.6) is 0 Å². The maximum atomic E-state index is 5.45. The molecule has 0 spiro atoms. The summed E-state index contributed by atoms with van der Waals surface area (Å²) >= 11 is 0. The number of hydrogen-bond acceptors (Lipinski definition) is 1. The number of fused-ring (bicyclic) bond motifs is 1. The molecule has 1 fully saturated rings. The van der Waals surface area contributed by atoms with Crippen LogP contribution in [0.3, 0.4) is 0 Å². The van der Waals surface area contributed by atoms with Crippen LogP contribution < -0.4 is 5.32 Å². The van der Waals surface area contributed by atoms with E-state index in [4.69, 9.17) is 6.42 Å². The van der Waals surface area contributed by atoms with E-state index in [0.29, 0.717) is 0 Å². The minimum atomic E-state index is 0.185. The summed E-state index contributed by atoms with van der Waals surface area (Å²) in [6.07, 6.45) is 19.8. The summed E-state index contributed by atoms with van der Waals surface area (Å²) in [5, 5.41) is 3.46. The summed E-state index contributed by atoms with van der Waals surface area (Å²) in [6.45, 7) is 19.1. The van der Waals surface area contributed by atoms with Gasteiger partial charge in [-0.2, -0.15) is 0 Å². The smallest absolute Gasteiger partial charge is 0.0442 e. The molecule has 3 rings (SSSR count). The molecule has 1 saturated carbocycles. The second-order valence-corrected chi connectivity index (χ2v) is 7.79. The Hall–Kier alpha value is -2.24. The predicted molar refractivity (Wildman–Crippen MR) is 130 cm³/mol. The summed E-state index contributed by atoms with van der Waals surface area (Å²) in [4.78, 5) is 3.32. The van der Waals surface area contributed by atoms with Crippen LogP contribution >= 0.6 is 0 Å². The first kappa shape index (κ1) is 24.8. The maximum absolute atomic E-state index is 5.45. The molecule has 2 heteroatoms. The third kappa shape index (κ3) is 8.34. The van der Waals surface area contributed by atoms with Gasteiger partial charge in [0.05, 0.1) is 0 Å². The molecule has 2 N–H and O–H groups in total. The molecule has 0 bridgehead atoms. The van der Waals surface area contributed by atoms with Crippen LogP contribution in [0.25, 0.3) is 5.57 Å². The Bertz CT molecular complexity index is 759. The highest BCUT2D eigenvalue weighted by Crippen LogP contribution is 2.34. The quantitative estimate of drug-likeness (QED) is 0.398. The lowest BCUT2D eigenvalue weighted by Crippen LogP contribution is -2.18. The highest BCUT2D eigenvalue weighted by molar-refractivity contribution is 5.71. The average Bonchev–Trinajstić information content (AvgIpc) is 3.46. The molecule has 0 amide bonds. The number of aromatic amines is 1. The Morgan fingerprint density at radius 1 is 1.31 bits per heavy atom. The van der Waals surface area contributed by atoms with Gasteiger partial charge in [0.25, 0.3) is 0 Å². The van der Waals surface area contributed by atoms with Crippen LogP contribution in [0, 0.1) is 12.3 Å². The Morgan fingerprint density at radius 3 is 2.55 bits per heavy atom. The van der Waals surface area contributed by atoms with Crippen molar-refractivity contribution in [2.45, 2.75) is 78.7 Å². The largest absolute Gasteiger partial charge is 0.364 e. The number of aryl methyl sites for hydroxylation is 1. The van der Waals surface area contributed by atoms with E-state index in [9.17, 15) is 0 Å². The van der Waals surface area contributed by atoms with Gasteiger partial charge < -0.3 is 10.3 Å². The third-order valence-electron chi connectivity index (χ3n) is 5.03. The van der Waals surface area contributed by atoms with Gasteiger partial charge in [-0.3, -0.25) is 0 Å². The van der Waals surface area contributed by atoms with Crippen molar-refractivity contribution in [2.24, 2.45) is 0 Å². The number of rotatable bonds is 6. The van der Waals surface area contributed by atoms with E-state index in [-0.39, 0.29) is 5.92 Å². The number of terminal acetylenes is 1. The van der Waals surface area contributed by atoms with E-state index in [2.05, 4.69) is 62.3 Å². The fraction of sp³-hybridized carbons (Fsp3) is 0.481. The van der Waals surface area contributed by atoms with E-state index < -0.39 is 0 Å². The summed E-state index contributed by atoms with van der Waals surface area (Å²) in [7, 11) is 0. The molecule has 2 aliphatic rings. The Balaban J connectivity index is 0.000000268. The zero-order valence-corrected chi connectivity index (χ0v) is 19.2. The fourth-order valence-electron chi connectivity index (χ4n) is 3.16. The van der Waals surface area contributed by atoms with Crippen LogP contribution in [0.15, 0.2) is 48.7 Å². The molecule has 1 aromatic rings. The summed E-state index contributed by atoms with van der Waals surface area (Å²) < 4.78 is 0. The normalized spacial score (nSPS) is 16.1. The van der Waals surface area contributed by atoms with Crippen LogP contribution in [-0.2, 0) is 6.42 Å². The fourth-order valence-corrected chi connectivity index (χ4v) is 3.16. The van der Waals surface area contributed by atoms with Crippen molar-refractivity contribution in [1.82, 2.24) is 10.3 Å². The molecule has 0 saturated heterocycles. The van der Waals surface area contributed by atoms with Gasteiger partial charge in [-0.15, -0.1) is 6.42 Å². The van der Waals surface area contributed by atoms with Crippen molar-refractivity contribution >= 4 is 5.57 Å². The van der Waals surface area contributed by atoms with Crippen molar-refractivity contribution in [1.29, 1.82) is 0 Å². The van der Waals surface area contributed by atoms with E-state index in [1.165, 1.54) is 52.8 Å². The molecular weight excluding hydrogens is 352 g/mol. The van der Waals surface area contributed by atoms with Gasteiger partial charge in [-0.1, -0.05) is 56.7 Å². The molecule has 158 valence electrons. The summed E-state index contributed by atoms with van der Waals surface area (Å²) in [6, 6.07) is 0.773. The zero-order valence-electron chi connectivity index (χ0n) is 19.2. The van der Waals surface area contributed by atoms with Gasteiger partial charge >= 0.3 is 0 Å². The van der Waals surface area contributed by atoms with E-state index in [1.54, 1.807) is 0 Å².